The number of aliphatic hydroxyl groups excluding tert-OH is 1. The van der Waals surface area contributed by atoms with Gasteiger partial charge in [0.2, 0.25) is 0 Å². The normalized spacial score (nSPS) is 23.3. The summed E-state index contributed by atoms with van der Waals surface area (Å²) in [5, 5.41) is 8.95. The van der Waals surface area contributed by atoms with Crippen molar-refractivity contribution in [1.82, 2.24) is 0 Å². The second-order valence-electron chi connectivity index (χ2n) is 2.63. The number of hydrogen-bond donors (Lipinski definition) is 1. The summed E-state index contributed by atoms with van der Waals surface area (Å²) in [5.41, 5.74) is 0. The molecule has 9 heavy (non-hydrogen) atoms. The molecule has 0 aromatic heterocycles. The zero-order valence-electron chi connectivity index (χ0n) is 5.89. The minimum atomic E-state index is 0.286. The van der Waals surface area contributed by atoms with Crippen molar-refractivity contribution < 1.29 is 5.11 Å². The highest BCUT2D eigenvalue weighted by Crippen LogP contribution is 2.43. The van der Waals surface area contributed by atoms with Crippen molar-refractivity contribution in [2.45, 2.75) is 30.9 Å². The Hall–Kier alpha value is 0.310. The fraction of sp³-hybridized carbons (Fsp3) is 1.00. The predicted octanol–water partition coefficient (Wildman–Crippen LogP) is 1.65. The first kappa shape index (κ1) is 7.42. The molecule has 0 aromatic carbocycles. The topological polar surface area (TPSA) is 20.2 Å². The van der Waals surface area contributed by atoms with E-state index in [1.165, 1.54) is 19.3 Å². The second-order valence-corrected chi connectivity index (χ2v) is 4.36. The van der Waals surface area contributed by atoms with Gasteiger partial charge in [-0.3, -0.25) is 0 Å². The van der Waals surface area contributed by atoms with Gasteiger partial charge in [0.15, 0.2) is 0 Å². The van der Waals surface area contributed by atoms with E-state index in [1.807, 2.05) is 11.8 Å². The highest BCUT2D eigenvalue weighted by Gasteiger charge is 2.35. The molecule has 0 heterocycles. The lowest BCUT2D eigenvalue weighted by Gasteiger charge is -2.39. The largest absolute Gasteiger partial charge is 0.395 e. The Morgan fingerprint density at radius 3 is 2.33 bits per heavy atom. The molecule has 0 aromatic rings. The maximum absolute atomic E-state index is 8.95. The highest BCUT2D eigenvalue weighted by atomic mass is 32.2. The van der Waals surface area contributed by atoms with E-state index in [2.05, 4.69) is 6.92 Å². The molecule has 1 aliphatic rings. The Morgan fingerprint density at radius 1 is 1.56 bits per heavy atom. The molecule has 0 saturated heterocycles. The van der Waals surface area contributed by atoms with Crippen LogP contribution in [0.1, 0.15) is 26.2 Å². The van der Waals surface area contributed by atoms with Crippen LogP contribution < -0.4 is 0 Å². The third-order valence-electron chi connectivity index (χ3n) is 2.00. The molecular formula is C7H14OS. The van der Waals surface area contributed by atoms with Crippen LogP contribution in [0, 0.1) is 0 Å². The lowest BCUT2D eigenvalue weighted by molar-refractivity contribution is 0.191. The molecule has 2 heteroatoms. The smallest absolute Gasteiger partial charge is 0.0578 e. The van der Waals surface area contributed by atoms with E-state index in [0.29, 0.717) is 6.61 Å². The van der Waals surface area contributed by atoms with Gasteiger partial charge in [-0.05, 0) is 18.6 Å². The number of thioether (sulfide) groups is 1. The number of hydrogen-bond acceptors (Lipinski definition) is 2. The van der Waals surface area contributed by atoms with Gasteiger partial charge in [-0.15, -0.1) is 0 Å². The van der Waals surface area contributed by atoms with Crippen LogP contribution in [0.25, 0.3) is 0 Å². The third kappa shape index (κ3) is 1.41. The van der Waals surface area contributed by atoms with E-state index in [-0.39, 0.29) is 4.75 Å². The van der Waals surface area contributed by atoms with Crippen molar-refractivity contribution >= 4 is 11.8 Å². The molecule has 0 unspecified atom stereocenters. The Balaban J connectivity index is 2.28. The summed E-state index contributed by atoms with van der Waals surface area (Å²) in [6, 6.07) is 0. The van der Waals surface area contributed by atoms with E-state index < -0.39 is 0 Å². The molecule has 0 radical (unpaired) electrons. The van der Waals surface area contributed by atoms with Gasteiger partial charge in [-0.1, -0.05) is 13.3 Å². The Bertz CT molecular complexity index is 83.4. The molecule has 1 fully saturated rings. The summed E-state index contributed by atoms with van der Waals surface area (Å²) in [6.07, 6.45) is 3.76. The summed E-state index contributed by atoms with van der Waals surface area (Å²) in [5.74, 6) is 1.14. The Kier molecular flexibility index (Phi) is 2.42. The number of rotatable bonds is 3. The maximum Gasteiger partial charge on any atom is 0.0578 e. The van der Waals surface area contributed by atoms with Crippen LogP contribution >= 0.6 is 11.8 Å². The molecule has 1 saturated carbocycles. The molecule has 0 amide bonds. The van der Waals surface area contributed by atoms with Gasteiger partial charge in [0, 0.05) is 4.75 Å². The van der Waals surface area contributed by atoms with Crippen molar-refractivity contribution in [3.8, 4) is 0 Å². The quantitative estimate of drug-likeness (QED) is 0.653. The number of aliphatic hydroxyl groups is 1. The van der Waals surface area contributed by atoms with Gasteiger partial charge < -0.3 is 5.11 Å². The van der Waals surface area contributed by atoms with Crippen molar-refractivity contribution in [3.63, 3.8) is 0 Å². The van der Waals surface area contributed by atoms with Crippen LogP contribution in [0.3, 0.4) is 0 Å². The van der Waals surface area contributed by atoms with Gasteiger partial charge >= 0.3 is 0 Å². The van der Waals surface area contributed by atoms with Gasteiger partial charge in [0.25, 0.3) is 0 Å². The monoisotopic (exact) mass is 146 g/mol. The predicted molar refractivity (Wildman–Crippen MR) is 41.8 cm³/mol. The fourth-order valence-corrected chi connectivity index (χ4v) is 2.51. The first-order chi connectivity index (χ1) is 4.33. The van der Waals surface area contributed by atoms with E-state index in [9.17, 15) is 0 Å². The van der Waals surface area contributed by atoms with Gasteiger partial charge in [0.1, 0.15) is 0 Å². The third-order valence-corrected chi connectivity index (χ3v) is 3.44. The Labute approximate surface area is 60.8 Å². The molecule has 0 aliphatic heterocycles. The van der Waals surface area contributed by atoms with Gasteiger partial charge in [-0.2, -0.15) is 11.8 Å². The van der Waals surface area contributed by atoms with Crippen molar-refractivity contribution in [1.29, 1.82) is 0 Å². The summed E-state index contributed by atoms with van der Waals surface area (Å²) >= 11 is 1.92. The van der Waals surface area contributed by atoms with Crippen LogP contribution in [0.2, 0.25) is 0 Å². The van der Waals surface area contributed by atoms with Crippen molar-refractivity contribution in [2.75, 3.05) is 12.4 Å². The summed E-state index contributed by atoms with van der Waals surface area (Å²) in [7, 11) is 0. The molecule has 1 rings (SSSR count). The molecule has 1 aliphatic carbocycles. The molecule has 1 N–H and O–H groups in total. The first-order valence-corrected chi connectivity index (χ1v) is 4.56. The molecular weight excluding hydrogens is 132 g/mol. The zero-order valence-corrected chi connectivity index (χ0v) is 6.71. The zero-order chi connectivity index (χ0) is 6.74. The van der Waals surface area contributed by atoms with Crippen LogP contribution in [-0.2, 0) is 0 Å². The molecule has 0 spiro atoms. The van der Waals surface area contributed by atoms with Crippen molar-refractivity contribution in [3.05, 3.63) is 0 Å². The minimum absolute atomic E-state index is 0.286. The van der Waals surface area contributed by atoms with Gasteiger partial charge in [0.05, 0.1) is 6.61 Å². The van der Waals surface area contributed by atoms with Crippen molar-refractivity contribution in [2.24, 2.45) is 0 Å². The molecule has 0 bridgehead atoms. The van der Waals surface area contributed by atoms with E-state index in [1.54, 1.807) is 0 Å². The van der Waals surface area contributed by atoms with Crippen LogP contribution in [0.15, 0.2) is 0 Å². The SMILES string of the molecule is CCSC1(CO)CCC1. The van der Waals surface area contributed by atoms with Gasteiger partial charge in [-0.25, -0.2) is 0 Å². The van der Waals surface area contributed by atoms with Crippen LogP contribution in [-0.4, -0.2) is 22.2 Å². The summed E-state index contributed by atoms with van der Waals surface area (Å²) < 4.78 is 0.286. The average molecular weight is 146 g/mol. The Morgan fingerprint density at radius 2 is 2.22 bits per heavy atom. The lowest BCUT2D eigenvalue weighted by Crippen LogP contribution is -2.37. The van der Waals surface area contributed by atoms with E-state index >= 15 is 0 Å². The lowest BCUT2D eigenvalue weighted by atomic mass is 9.85. The molecule has 54 valence electrons. The second kappa shape index (κ2) is 2.93. The molecule has 1 nitrogen and oxygen atoms in total. The highest BCUT2D eigenvalue weighted by molar-refractivity contribution is 8.00. The summed E-state index contributed by atoms with van der Waals surface area (Å²) in [6.45, 7) is 2.53. The fourth-order valence-electron chi connectivity index (χ4n) is 1.23. The standard InChI is InChI=1S/C7H14OS/c1-2-9-7(6-8)4-3-5-7/h8H,2-6H2,1H3. The average Bonchev–Trinajstić information content (AvgIpc) is 1.79. The maximum atomic E-state index is 8.95. The molecule has 0 atom stereocenters. The first-order valence-electron chi connectivity index (χ1n) is 3.58. The van der Waals surface area contributed by atoms with Crippen LogP contribution in [0.5, 0.6) is 0 Å². The van der Waals surface area contributed by atoms with E-state index in [0.717, 1.165) is 5.75 Å². The summed E-state index contributed by atoms with van der Waals surface area (Å²) in [4.78, 5) is 0. The minimum Gasteiger partial charge on any atom is -0.395 e. The van der Waals surface area contributed by atoms with E-state index in [4.69, 9.17) is 5.11 Å². The van der Waals surface area contributed by atoms with Crippen LogP contribution in [0.4, 0.5) is 0 Å².